The molecule has 10 radical (unpaired) electrons. The van der Waals surface area contributed by atoms with E-state index >= 15 is 0 Å². The second kappa shape index (κ2) is 18.5. The molecule has 0 aromatic heterocycles. The van der Waals surface area contributed by atoms with E-state index in [9.17, 15) is 0 Å². The van der Waals surface area contributed by atoms with Gasteiger partial charge in [-0.25, -0.2) is 0 Å². The maximum atomic E-state index is 6.76. The molecule has 4 rings (SSSR count). The molecule has 2 aliphatic rings. The van der Waals surface area contributed by atoms with E-state index in [0.29, 0.717) is 0 Å². The minimum Gasteiger partial charge on any atom is -0.366 e. The second-order valence-electron chi connectivity index (χ2n) is 5.91. The SMILES string of the molecule is [C-]#Cc1ccc(C)cc1.[C-]#Cc1ccc(C)cc1.[CH]1[CH][CH][CH][CH]1.[CH]1[CH][CH][CH][CH]1.[Zr+2]. The van der Waals surface area contributed by atoms with Crippen LogP contribution in [0, 0.1) is 103 Å². The van der Waals surface area contributed by atoms with Gasteiger partial charge in [0.15, 0.2) is 0 Å². The van der Waals surface area contributed by atoms with Crippen molar-refractivity contribution in [2.75, 3.05) is 0 Å². The predicted molar refractivity (Wildman–Crippen MR) is 118 cm³/mol. The van der Waals surface area contributed by atoms with Crippen molar-refractivity contribution in [1.29, 1.82) is 0 Å². The molecule has 0 N–H and O–H groups in total. The molecule has 1 heteroatoms. The number of rotatable bonds is 0. The van der Waals surface area contributed by atoms with Crippen molar-refractivity contribution in [2.45, 2.75) is 13.8 Å². The first-order valence-electron chi connectivity index (χ1n) is 8.98. The maximum Gasteiger partial charge on any atom is 2.00 e. The van der Waals surface area contributed by atoms with Crippen LogP contribution in [0.15, 0.2) is 48.5 Å². The molecule has 0 saturated heterocycles. The van der Waals surface area contributed by atoms with Gasteiger partial charge in [-0.1, -0.05) is 35.4 Å². The summed E-state index contributed by atoms with van der Waals surface area (Å²) in [6, 6.07) is 15.4. The van der Waals surface area contributed by atoms with Gasteiger partial charge < -0.3 is 12.8 Å². The van der Waals surface area contributed by atoms with E-state index in [1.807, 2.05) is 127 Å². The van der Waals surface area contributed by atoms with Crippen molar-refractivity contribution in [1.82, 2.24) is 0 Å². The Morgan fingerprint density at radius 1 is 0.448 bits per heavy atom. The number of benzene rings is 2. The van der Waals surface area contributed by atoms with Gasteiger partial charge in [0.2, 0.25) is 0 Å². The molecule has 2 saturated carbocycles. The summed E-state index contributed by atoms with van der Waals surface area (Å²) in [4.78, 5) is 0. The second-order valence-corrected chi connectivity index (χ2v) is 5.91. The van der Waals surface area contributed by atoms with Crippen LogP contribution in [0.1, 0.15) is 22.3 Å². The van der Waals surface area contributed by atoms with Gasteiger partial charge in [0.05, 0.1) is 0 Å². The van der Waals surface area contributed by atoms with Crippen molar-refractivity contribution in [3.63, 3.8) is 0 Å². The Labute approximate surface area is 199 Å². The van der Waals surface area contributed by atoms with E-state index in [-0.39, 0.29) is 26.2 Å². The molecule has 0 heterocycles. The smallest absolute Gasteiger partial charge is 0.366 e. The van der Waals surface area contributed by atoms with Crippen molar-refractivity contribution in [3.8, 4) is 11.8 Å². The third-order valence-corrected chi connectivity index (χ3v) is 3.50. The Balaban J connectivity index is 0.000000369. The monoisotopic (exact) mass is 450 g/mol. The fourth-order valence-corrected chi connectivity index (χ4v) is 1.92. The first-order chi connectivity index (χ1) is 13.7. The Morgan fingerprint density at radius 3 is 0.828 bits per heavy atom. The van der Waals surface area contributed by atoms with E-state index in [4.69, 9.17) is 12.8 Å². The van der Waals surface area contributed by atoms with Gasteiger partial charge in [-0.3, -0.25) is 11.8 Å². The van der Waals surface area contributed by atoms with Crippen LogP contribution in [0.25, 0.3) is 0 Å². The first-order valence-corrected chi connectivity index (χ1v) is 8.98. The Kier molecular flexibility index (Phi) is 17.5. The fraction of sp³-hybridized carbons (Fsp3) is 0.0714. The van der Waals surface area contributed by atoms with Crippen LogP contribution in [-0.4, -0.2) is 0 Å². The molecule has 2 aromatic rings. The molecule has 2 aliphatic carbocycles. The Hall–Kier alpha value is -1.56. The molecule has 2 aromatic carbocycles. The van der Waals surface area contributed by atoms with Crippen LogP contribution in [0.4, 0.5) is 0 Å². The summed E-state index contributed by atoms with van der Waals surface area (Å²) in [5.41, 5.74) is 4.10. The molecule has 0 bridgehead atoms. The van der Waals surface area contributed by atoms with Gasteiger partial charge in [-0.15, -0.1) is 35.4 Å². The largest absolute Gasteiger partial charge is 2.00 e. The summed E-state index contributed by atoms with van der Waals surface area (Å²) in [7, 11) is 0. The van der Waals surface area contributed by atoms with Gasteiger partial charge in [-0.2, -0.15) is 0 Å². The Bertz CT molecular complexity index is 622. The fourth-order valence-electron chi connectivity index (χ4n) is 1.92. The minimum atomic E-state index is 0. The topological polar surface area (TPSA) is 0 Å². The zero-order chi connectivity index (χ0) is 20.5. The van der Waals surface area contributed by atoms with Crippen molar-refractivity contribution < 1.29 is 26.2 Å². The van der Waals surface area contributed by atoms with Crippen LogP contribution < -0.4 is 0 Å². The molecule has 0 nitrogen and oxygen atoms in total. The average Bonchev–Trinajstić information content (AvgIpc) is 3.48. The molecule has 2 fully saturated rings. The third kappa shape index (κ3) is 15.0. The Morgan fingerprint density at radius 2 is 0.655 bits per heavy atom. The van der Waals surface area contributed by atoms with Crippen LogP contribution in [0.3, 0.4) is 0 Å². The average molecular weight is 452 g/mol. The molecule has 0 atom stereocenters. The number of aryl methyl sites for hydroxylation is 2. The molecule has 29 heavy (non-hydrogen) atoms. The minimum absolute atomic E-state index is 0. The number of hydrogen-bond donors (Lipinski definition) is 0. The molecule has 0 aliphatic heterocycles. The predicted octanol–water partition coefficient (Wildman–Crippen LogP) is 5.91. The molecular weight excluding hydrogens is 428 g/mol. The van der Waals surface area contributed by atoms with Crippen LogP contribution in [0.5, 0.6) is 0 Å². The molecule has 140 valence electrons. The molecule has 0 unspecified atom stereocenters. The normalized spacial score (nSPS) is 13.5. The van der Waals surface area contributed by atoms with E-state index < -0.39 is 0 Å². The summed E-state index contributed by atoms with van der Waals surface area (Å²) in [5, 5.41) is 0. The molecule has 0 amide bonds. The molecule has 0 spiro atoms. The summed E-state index contributed by atoms with van der Waals surface area (Å²) < 4.78 is 0. The quantitative estimate of drug-likeness (QED) is 0.345. The molecular formula is C28H24Zr. The van der Waals surface area contributed by atoms with Gasteiger partial charge in [0.1, 0.15) is 0 Å². The van der Waals surface area contributed by atoms with Gasteiger partial charge in [-0.05, 0) is 78.1 Å². The van der Waals surface area contributed by atoms with E-state index in [1.54, 1.807) is 0 Å². The summed E-state index contributed by atoms with van der Waals surface area (Å²) in [6.07, 6.45) is 33.5. The maximum absolute atomic E-state index is 6.76. The van der Waals surface area contributed by atoms with Crippen LogP contribution in [-0.2, 0) is 26.2 Å². The van der Waals surface area contributed by atoms with E-state index in [2.05, 4.69) is 11.8 Å². The third-order valence-electron chi connectivity index (χ3n) is 3.50. The number of hydrogen-bond acceptors (Lipinski definition) is 0. The van der Waals surface area contributed by atoms with Gasteiger partial charge >= 0.3 is 26.2 Å². The van der Waals surface area contributed by atoms with E-state index in [1.165, 1.54) is 11.1 Å². The standard InChI is InChI=1S/2C9H7.2C5H5.Zr/c2*1-3-9-6-4-8(2)5-7-9;2*1-2-4-5-3-1;/h2*4-7H,2H3;2*1-5H;/q2*-1;;;+2. The van der Waals surface area contributed by atoms with Crippen molar-refractivity contribution in [3.05, 3.63) is 148 Å². The van der Waals surface area contributed by atoms with Crippen LogP contribution >= 0.6 is 0 Å². The summed E-state index contributed by atoms with van der Waals surface area (Å²) in [6.45, 7) is 4.04. The van der Waals surface area contributed by atoms with Gasteiger partial charge in [0, 0.05) is 0 Å². The van der Waals surface area contributed by atoms with Crippen molar-refractivity contribution in [2.24, 2.45) is 0 Å². The zero-order valence-corrected chi connectivity index (χ0v) is 19.4. The summed E-state index contributed by atoms with van der Waals surface area (Å²) >= 11 is 0. The van der Waals surface area contributed by atoms with Gasteiger partial charge in [0.25, 0.3) is 0 Å². The zero-order valence-electron chi connectivity index (χ0n) is 16.9. The van der Waals surface area contributed by atoms with Crippen LogP contribution in [0.2, 0.25) is 0 Å². The first kappa shape index (κ1) is 27.4. The van der Waals surface area contributed by atoms with Crippen molar-refractivity contribution >= 4 is 0 Å². The summed E-state index contributed by atoms with van der Waals surface area (Å²) in [5.74, 6) is 4.61. The van der Waals surface area contributed by atoms with E-state index in [0.717, 1.165) is 11.1 Å².